The monoisotopic (exact) mass is 406 g/mol. The van der Waals surface area contributed by atoms with E-state index >= 15 is 0 Å². The Hall–Kier alpha value is -2.15. The van der Waals surface area contributed by atoms with Crippen molar-refractivity contribution < 1.29 is 18.7 Å². The first-order valence-corrected chi connectivity index (χ1v) is 9.37. The number of nitrogens with one attached hydrogen (secondary N) is 2. The van der Waals surface area contributed by atoms with Gasteiger partial charge in [-0.05, 0) is 61.2 Å². The molecule has 2 aromatic carbocycles. The second-order valence-electron chi connectivity index (χ2n) is 6.92. The van der Waals surface area contributed by atoms with Crippen LogP contribution < -0.4 is 15.4 Å². The lowest BCUT2D eigenvalue weighted by atomic mass is 9.99. The van der Waals surface area contributed by atoms with Crippen LogP contribution in [0.1, 0.15) is 34.3 Å². The molecule has 0 aromatic heterocycles. The van der Waals surface area contributed by atoms with Gasteiger partial charge in [-0.25, -0.2) is 4.39 Å². The molecule has 1 saturated heterocycles. The second kappa shape index (κ2) is 9.37. The highest BCUT2D eigenvalue weighted by Gasteiger charge is 2.19. The lowest BCUT2D eigenvalue weighted by Gasteiger charge is -2.19. The fourth-order valence-electron chi connectivity index (χ4n) is 3.52. The van der Waals surface area contributed by atoms with Crippen LogP contribution in [0.25, 0.3) is 0 Å². The molecule has 2 aliphatic rings. The minimum Gasteiger partial charge on any atom is -0.491 e. The molecular formula is C21H24ClFN2O3. The molecule has 150 valence electrons. The normalized spacial score (nSPS) is 18.1. The number of halogens is 2. The average molecular weight is 407 g/mol. The van der Waals surface area contributed by atoms with E-state index < -0.39 is 0 Å². The lowest BCUT2D eigenvalue weighted by molar-refractivity contribution is 0.0679. The zero-order valence-corrected chi connectivity index (χ0v) is 16.3. The van der Waals surface area contributed by atoms with E-state index in [9.17, 15) is 9.18 Å². The molecule has 0 spiro atoms. The van der Waals surface area contributed by atoms with Gasteiger partial charge >= 0.3 is 0 Å². The summed E-state index contributed by atoms with van der Waals surface area (Å²) in [6.07, 6.45) is 2.78. The van der Waals surface area contributed by atoms with Gasteiger partial charge in [0.2, 0.25) is 0 Å². The number of ether oxygens (including phenoxy) is 2. The standard InChI is InChI=1S/C21H23FN2O3.ClH/c22-20-18-8-9-23-12-15(18)6-7-19(20)24-21(25)14-3-1-4-16(11-14)27-13-17-5-2-10-26-17;/h1,3-4,6-7,11,17,23H,2,5,8-10,12-13H2,(H,24,25);1H. The molecule has 1 unspecified atom stereocenters. The van der Waals surface area contributed by atoms with Crippen LogP contribution in [0.5, 0.6) is 5.75 Å². The zero-order chi connectivity index (χ0) is 18.6. The number of anilines is 1. The molecule has 7 heteroatoms. The smallest absolute Gasteiger partial charge is 0.255 e. The van der Waals surface area contributed by atoms with Crippen LogP contribution in [0.3, 0.4) is 0 Å². The quantitative estimate of drug-likeness (QED) is 0.794. The van der Waals surface area contributed by atoms with Gasteiger partial charge < -0.3 is 20.1 Å². The summed E-state index contributed by atoms with van der Waals surface area (Å²) in [6.45, 7) is 2.65. The molecular weight excluding hydrogens is 383 g/mol. The van der Waals surface area contributed by atoms with Crippen molar-refractivity contribution in [1.29, 1.82) is 0 Å². The second-order valence-corrected chi connectivity index (χ2v) is 6.92. The van der Waals surface area contributed by atoms with E-state index in [2.05, 4.69) is 10.6 Å². The highest BCUT2D eigenvalue weighted by molar-refractivity contribution is 6.04. The molecule has 0 saturated carbocycles. The Morgan fingerprint density at radius 2 is 2.21 bits per heavy atom. The topological polar surface area (TPSA) is 59.6 Å². The number of carbonyl (C=O) groups is 1. The predicted octanol–water partition coefficient (Wildman–Crippen LogP) is 3.70. The fourth-order valence-corrected chi connectivity index (χ4v) is 3.52. The third kappa shape index (κ3) is 4.63. The van der Waals surface area contributed by atoms with E-state index in [0.717, 1.165) is 31.6 Å². The number of hydrogen-bond donors (Lipinski definition) is 2. The molecule has 0 aliphatic carbocycles. The molecule has 2 N–H and O–H groups in total. The van der Waals surface area contributed by atoms with Gasteiger partial charge in [0.15, 0.2) is 0 Å². The van der Waals surface area contributed by atoms with E-state index in [4.69, 9.17) is 9.47 Å². The highest BCUT2D eigenvalue weighted by atomic mass is 35.5. The van der Waals surface area contributed by atoms with Crippen LogP contribution >= 0.6 is 12.4 Å². The van der Waals surface area contributed by atoms with Crippen LogP contribution in [0.4, 0.5) is 10.1 Å². The van der Waals surface area contributed by atoms with Crippen molar-refractivity contribution in [2.75, 3.05) is 25.1 Å². The summed E-state index contributed by atoms with van der Waals surface area (Å²) in [7, 11) is 0. The van der Waals surface area contributed by atoms with Gasteiger partial charge in [-0.15, -0.1) is 12.4 Å². The Morgan fingerprint density at radius 3 is 3.04 bits per heavy atom. The van der Waals surface area contributed by atoms with Crippen molar-refractivity contribution in [3.05, 3.63) is 58.9 Å². The van der Waals surface area contributed by atoms with Crippen molar-refractivity contribution in [1.82, 2.24) is 5.32 Å². The summed E-state index contributed by atoms with van der Waals surface area (Å²) in [5.41, 5.74) is 2.27. The van der Waals surface area contributed by atoms with E-state index in [0.29, 0.717) is 36.4 Å². The molecule has 2 aliphatic heterocycles. The van der Waals surface area contributed by atoms with Gasteiger partial charge in [0.05, 0.1) is 11.8 Å². The van der Waals surface area contributed by atoms with Crippen molar-refractivity contribution in [3.63, 3.8) is 0 Å². The van der Waals surface area contributed by atoms with E-state index in [1.165, 1.54) is 0 Å². The predicted molar refractivity (Wildman–Crippen MR) is 108 cm³/mol. The minimum absolute atomic E-state index is 0. The number of carbonyl (C=O) groups excluding carboxylic acids is 1. The maximum absolute atomic E-state index is 14.7. The van der Waals surface area contributed by atoms with Crippen molar-refractivity contribution in [3.8, 4) is 5.75 Å². The summed E-state index contributed by atoms with van der Waals surface area (Å²) in [4.78, 5) is 12.6. The number of hydrogen-bond acceptors (Lipinski definition) is 4. The van der Waals surface area contributed by atoms with Crippen LogP contribution in [-0.4, -0.2) is 31.8 Å². The number of fused-ring (bicyclic) bond motifs is 1. The summed E-state index contributed by atoms with van der Waals surface area (Å²) in [5.74, 6) is -0.0892. The molecule has 1 amide bonds. The Bertz CT molecular complexity index is 840. The van der Waals surface area contributed by atoms with Gasteiger partial charge in [0.25, 0.3) is 5.91 Å². The molecule has 0 bridgehead atoms. The van der Waals surface area contributed by atoms with Crippen LogP contribution in [0, 0.1) is 5.82 Å². The molecule has 4 rings (SSSR count). The van der Waals surface area contributed by atoms with Gasteiger partial charge in [0.1, 0.15) is 18.2 Å². The van der Waals surface area contributed by atoms with Crippen molar-refractivity contribution in [2.45, 2.75) is 31.9 Å². The Kier molecular flexibility index (Phi) is 6.88. The summed E-state index contributed by atoms with van der Waals surface area (Å²) in [6, 6.07) is 10.4. The van der Waals surface area contributed by atoms with Crippen LogP contribution in [0.2, 0.25) is 0 Å². The number of rotatable bonds is 5. The van der Waals surface area contributed by atoms with Crippen LogP contribution in [0.15, 0.2) is 36.4 Å². The largest absolute Gasteiger partial charge is 0.491 e. The molecule has 2 aromatic rings. The third-order valence-electron chi connectivity index (χ3n) is 5.01. The maximum atomic E-state index is 14.7. The Labute approximate surface area is 170 Å². The van der Waals surface area contributed by atoms with Gasteiger partial charge in [0, 0.05) is 18.7 Å². The van der Waals surface area contributed by atoms with Gasteiger partial charge in [-0.1, -0.05) is 12.1 Å². The van der Waals surface area contributed by atoms with E-state index in [1.54, 1.807) is 30.3 Å². The third-order valence-corrected chi connectivity index (χ3v) is 5.01. The Morgan fingerprint density at radius 1 is 1.32 bits per heavy atom. The van der Waals surface area contributed by atoms with Gasteiger partial charge in [-0.3, -0.25) is 4.79 Å². The summed E-state index contributed by atoms with van der Waals surface area (Å²) >= 11 is 0. The Balaban J connectivity index is 0.00000225. The molecule has 1 atom stereocenters. The SMILES string of the molecule is Cl.O=C(Nc1ccc2c(c1F)CCNC2)c1cccc(OCC2CCCO2)c1. The highest BCUT2D eigenvalue weighted by Crippen LogP contribution is 2.25. The minimum atomic E-state index is -0.356. The molecule has 5 nitrogen and oxygen atoms in total. The van der Waals surface area contributed by atoms with E-state index in [-0.39, 0.29) is 35.9 Å². The maximum Gasteiger partial charge on any atom is 0.255 e. The molecule has 2 heterocycles. The molecule has 28 heavy (non-hydrogen) atoms. The van der Waals surface area contributed by atoms with Gasteiger partial charge in [-0.2, -0.15) is 0 Å². The van der Waals surface area contributed by atoms with Crippen LogP contribution in [-0.2, 0) is 17.7 Å². The molecule has 0 radical (unpaired) electrons. The average Bonchev–Trinajstić information content (AvgIpc) is 3.22. The first kappa shape index (κ1) is 20.6. The number of benzene rings is 2. The number of amides is 1. The zero-order valence-electron chi connectivity index (χ0n) is 15.5. The van der Waals surface area contributed by atoms with Crippen molar-refractivity contribution >= 4 is 24.0 Å². The first-order chi connectivity index (χ1) is 13.2. The first-order valence-electron chi connectivity index (χ1n) is 9.37. The summed E-state index contributed by atoms with van der Waals surface area (Å²) < 4.78 is 26.0. The fraction of sp³-hybridized carbons (Fsp3) is 0.381. The lowest BCUT2D eigenvalue weighted by Crippen LogP contribution is -2.25. The molecule has 1 fully saturated rings. The summed E-state index contributed by atoms with van der Waals surface area (Å²) in [5, 5.41) is 5.90. The van der Waals surface area contributed by atoms with Crippen molar-refractivity contribution in [2.24, 2.45) is 0 Å². The van der Waals surface area contributed by atoms with E-state index in [1.807, 2.05) is 6.07 Å².